The minimum atomic E-state index is -0.179. The monoisotopic (exact) mass is 342 g/mol. The molecule has 0 spiro atoms. The molecule has 2 aromatic heterocycles. The van der Waals surface area contributed by atoms with Gasteiger partial charge in [0.1, 0.15) is 24.2 Å². The summed E-state index contributed by atoms with van der Waals surface area (Å²) in [6, 6.07) is 0.469. The van der Waals surface area contributed by atoms with Crippen molar-refractivity contribution in [1.82, 2.24) is 20.1 Å². The number of nitrogens with one attached hydrogen (secondary N) is 1. The average Bonchev–Trinajstić information content (AvgIpc) is 3.23. The van der Waals surface area contributed by atoms with E-state index in [1.54, 1.807) is 19.6 Å². The van der Waals surface area contributed by atoms with Crippen molar-refractivity contribution in [1.29, 1.82) is 0 Å². The average molecular weight is 342 g/mol. The molecule has 2 heterocycles. The van der Waals surface area contributed by atoms with E-state index in [1.165, 1.54) is 0 Å². The molecule has 1 amide bonds. The molecule has 0 bridgehead atoms. The number of amides is 1. The highest BCUT2D eigenvalue weighted by molar-refractivity contribution is 6.10. The third-order valence-electron chi connectivity index (χ3n) is 5.31. The Morgan fingerprint density at radius 2 is 2.08 bits per heavy atom. The van der Waals surface area contributed by atoms with Gasteiger partial charge >= 0.3 is 0 Å². The van der Waals surface area contributed by atoms with E-state index in [9.17, 15) is 9.59 Å². The first kappa shape index (κ1) is 16.1. The largest absolute Gasteiger partial charge is 0.465 e. The summed E-state index contributed by atoms with van der Waals surface area (Å²) in [7, 11) is 0. The van der Waals surface area contributed by atoms with Crippen molar-refractivity contribution >= 4 is 11.7 Å². The number of aryl methyl sites for hydroxylation is 2. The fourth-order valence-corrected chi connectivity index (χ4v) is 4.03. The second-order valence-electron chi connectivity index (χ2n) is 6.96. The normalized spacial score (nSPS) is 23.3. The molecule has 1 N–H and O–H groups in total. The van der Waals surface area contributed by atoms with Crippen LogP contribution in [0, 0.1) is 6.92 Å². The molecule has 0 unspecified atom stereocenters. The van der Waals surface area contributed by atoms with Crippen molar-refractivity contribution in [3.05, 3.63) is 35.3 Å². The highest BCUT2D eigenvalue weighted by atomic mass is 16.3. The number of aromatic nitrogens is 3. The summed E-state index contributed by atoms with van der Waals surface area (Å²) >= 11 is 0. The number of carbonyl (C=O) groups excluding carboxylic acids is 2. The van der Waals surface area contributed by atoms with Gasteiger partial charge < -0.3 is 9.73 Å². The molecule has 132 valence electrons. The molecule has 0 aliphatic heterocycles. The third-order valence-corrected chi connectivity index (χ3v) is 5.31. The SMILES string of the molecule is Cc1oc2c(c1C(=O)NC1CCC(n3cncn3)CC1)C(=O)CCC2. The maximum Gasteiger partial charge on any atom is 0.255 e. The molecular weight excluding hydrogens is 320 g/mol. The fraction of sp³-hybridized carbons (Fsp3) is 0.556. The summed E-state index contributed by atoms with van der Waals surface area (Å²) in [5.41, 5.74) is 0.954. The first-order valence-corrected chi connectivity index (χ1v) is 8.94. The Morgan fingerprint density at radius 1 is 1.28 bits per heavy atom. The van der Waals surface area contributed by atoms with E-state index in [4.69, 9.17) is 4.42 Å². The molecule has 0 atom stereocenters. The van der Waals surface area contributed by atoms with Crippen LogP contribution in [0.3, 0.4) is 0 Å². The van der Waals surface area contributed by atoms with Gasteiger partial charge in [-0.3, -0.25) is 9.59 Å². The number of carbonyl (C=O) groups is 2. The number of hydrogen-bond donors (Lipinski definition) is 1. The zero-order valence-electron chi connectivity index (χ0n) is 14.3. The van der Waals surface area contributed by atoms with E-state index in [1.807, 2.05) is 4.68 Å². The Bertz CT molecular complexity index is 786. The van der Waals surface area contributed by atoms with E-state index in [0.29, 0.717) is 35.1 Å². The first-order chi connectivity index (χ1) is 12.1. The second-order valence-corrected chi connectivity index (χ2v) is 6.96. The van der Waals surface area contributed by atoms with E-state index in [0.717, 1.165) is 38.5 Å². The van der Waals surface area contributed by atoms with Crippen molar-refractivity contribution in [2.75, 3.05) is 0 Å². The van der Waals surface area contributed by atoms with Gasteiger partial charge in [0.2, 0.25) is 0 Å². The number of fused-ring (bicyclic) bond motifs is 1. The molecule has 0 aromatic carbocycles. The topological polar surface area (TPSA) is 90.0 Å². The number of ketones is 1. The zero-order valence-corrected chi connectivity index (χ0v) is 14.3. The lowest BCUT2D eigenvalue weighted by molar-refractivity contribution is 0.0904. The number of nitrogens with zero attached hydrogens (tertiary/aromatic N) is 3. The molecule has 2 aliphatic rings. The lowest BCUT2D eigenvalue weighted by atomic mass is 9.90. The van der Waals surface area contributed by atoms with Gasteiger partial charge in [-0.2, -0.15) is 5.10 Å². The fourth-order valence-electron chi connectivity index (χ4n) is 4.03. The van der Waals surface area contributed by atoms with Crippen LogP contribution in [0.1, 0.15) is 76.8 Å². The summed E-state index contributed by atoms with van der Waals surface area (Å²) in [5.74, 6) is 1.07. The van der Waals surface area contributed by atoms with E-state index < -0.39 is 0 Å². The zero-order chi connectivity index (χ0) is 17.4. The molecule has 1 fully saturated rings. The van der Waals surface area contributed by atoms with Crippen molar-refractivity contribution in [2.45, 2.75) is 64.0 Å². The van der Waals surface area contributed by atoms with E-state index in [2.05, 4.69) is 15.4 Å². The van der Waals surface area contributed by atoms with Gasteiger partial charge in [-0.15, -0.1) is 0 Å². The number of furan rings is 1. The Labute approximate surface area is 145 Å². The summed E-state index contributed by atoms with van der Waals surface area (Å²) in [6.07, 6.45) is 9.02. The van der Waals surface area contributed by atoms with Crippen molar-refractivity contribution in [3.63, 3.8) is 0 Å². The smallest absolute Gasteiger partial charge is 0.255 e. The van der Waals surface area contributed by atoms with Crippen LogP contribution < -0.4 is 5.32 Å². The standard InChI is InChI=1S/C18H22N4O3/c1-11-16(17-14(23)3-2-4-15(17)25-11)18(24)21-12-5-7-13(8-6-12)22-10-19-9-20-22/h9-10,12-13H,2-8H2,1H3,(H,21,24). The van der Waals surface area contributed by atoms with E-state index >= 15 is 0 Å². The molecule has 1 saturated carbocycles. The Balaban J connectivity index is 1.43. The van der Waals surface area contributed by atoms with Gasteiger partial charge in [0, 0.05) is 18.9 Å². The van der Waals surface area contributed by atoms with Crippen LogP contribution in [-0.2, 0) is 6.42 Å². The molecule has 0 radical (unpaired) electrons. The molecule has 4 rings (SSSR count). The number of Topliss-reactive ketones (excluding diaryl/α,β-unsaturated/α-hetero) is 1. The molecule has 7 nitrogen and oxygen atoms in total. The summed E-state index contributed by atoms with van der Waals surface area (Å²) < 4.78 is 7.58. The van der Waals surface area contributed by atoms with Crippen LogP contribution in [-0.4, -0.2) is 32.5 Å². The minimum Gasteiger partial charge on any atom is -0.465 e. The Morgan fingerprint density at radius 3 is 2.80 bits per heavy atom. The van der Waals surface area contributed by atoms with Gasteiger partial charge in [0.15, 0.2) is 5.78 Å². The summed E-state index contributed by atoms with van der Waals surface area (Å²) in [6.45, 7) is 1.77. The van der Waals surface area contributed by atoms with Gasteiger partial charge in [0.05, 0.1) is 17.2 Å². The van der Waals surface area contributed by atoms with Crippen LogP contribution in [0.2, 0.25) is 0 Å². The lowest BCUT2D eigenvalue weighted by Gasteiger charge is -2.29. The highest BCUT2D eigenvalue weighted by Gasteiger charge is 2.32. The third kappa shape index (κ3) is 2.99. The summed E-state index contributed by atoms with van der Waals surface area (Å²) in [5, 5.41) is 7.31. The van der Waals surface area contributed by atoms with Crippen molar-refractivity contribution < 1.29 is 14.0 Å². The molecule has 0 saturated heterocycles. The first-order valence-electron chi connectivity index (χ1n) is 8.94. The maximum atomic E-state index is 12.8. The number of rotatable bonds is 3. The molecule has 25 heavy (non-hydrogen) atoms. The Kier molecular flexibility index (Phi) is 4.15. The van der Waals surface area contributed by atoms with Crippen LogP contribution in [0.4, 0.5) is 0 Å². The van der Waals surface area contributed by atoms with Gasteiger partial charge in [-0.05, 0) is 39.0 Å². The highest BCUT2D eigenvalue weighted by Crippen LogP contribution is 2.31. The van der Waals surface area contributed by atoms with Gasteiger partial charge in [-0.25, -0.2) is 9.67 Å². The summed E-state index contributed by atoms with van der Waals surface area (Å²) in [4.78, 5) is 29.0. The van der Waals surface area contributed by atoms with Crippen molar-refractivity contribution in [2.24, 2.45) is 0 Å². The van der Waals surface area contributed by atoms with Gasteiger partial charge in [0.25, 0.3) is 5.91 Å². The van der Waals surface area contributed by atoms with Crippen LogP contribution in [0.25, 0.3) is 0 Å². The molecule has 2 aliphatic carbocycles. The van der Waals surface area contributed by atoms with Gasteiger partial charge in [-0.1, -0.05) is 0 Å². The predicted molar refractivity (Wildman–Crippen MR) is 89.5 cm³/mol. The predicted octanol–water partition coefficient (Wildman–Crippen LogP) is 2.61. The quantitative estimate of drug-likeness (QED) is 0.926. The second kappa shape index (κ2) is 6.46. The lowest BCUT2D eigenvalue weighted by Crippen LogP contribution is -2.38. The van der Waals surface area contributed by atoms with Crippen LogP contribution in [0.5, 0.6) is 0 Å². The van der Waals surface area contributed by atoms with Crippen LogP contribution in [0.15, 0.2) is 17.1 Å². The molecule has 7 heteroatoms. The van der Waals surface area contributed by atoms with Crippen molar-refractivity contribution in [3.8, 4) is 0 Å². The molecule has 2 aromatic rings. The maximum absolute atomic E-state index is 12.8. The molecular formula is C18H22N4O3. The van der Waals surface area contributed by atoms with Crippen LogP contribution >= 0.6 is 0 Å². The Hall–Kier alpha value is -2.44. The number of hydrogen-bond acceptors (Lipinski definition) is 5. The van der Waals surface area contributed by atoms with E-state index in [-0.39, 0.29) is 17.7 Å². The minimum absolute atomic E-state index is 0.0261.